The third-order valence-electron chi connectivity index (χ3n) is 4.11. The minimum Gasteiger partial charge on any atom is -0.494 e. The van der Waals surface area contributed by atoms with E-state index in [9.17, 15) is 24.3 Å². The maximum Gasteiger partial charge on any atom is 0.362 e. The second-order valence-electron chi connectivity index (χ2n) is 5.73. The van der Waals surface area contributed by atoms with Gasteiger partial charge in [-0.05, 0) is 12.5 Å². The average Bonchev–Trinajstić information content (AvgIpc) is 2.59. The molecule has 0 amide bonds. The van der Waals surface area contributed by atoms with Crippen LogP contribution in [0.1, 0.15) is 34.5 Å². The lowest BCUT2D eigenvalue weighted by Gasteiger charge is -2.12. The van der Waals surface area contributed by atoms with Crippen LogP contribution in [0, 0.1) is 0 Å². The van der Waals surface area contributed by atoms with E-state index < -0.39 is 22.8 Å². The van der Waals surface area contributed by atoms with Gasteiger partial charge >= 0.3 is 11.3 Å². The second-order valence-corrected chi connectivity index (χ2v) is 5.73. The maximum absolute atomic E-state index is 12.1. The summed E-state index contributed by atoms with van der Waals surface area (Å²) in [7, 11) is 2.55. The van der Waals surface area contributed by atoms with Crippen LogP contribution in [0.15, 0.2) is 29.9 Å². The molecule has 0 saturated carbocycles. The number of fused-ring (bicyclic) bond motifs is 1. The summed E-state index contributed by atoms with van der Waals surface area (Å²) in [6.45, 7) is 0. The molecular weight excluding hydrogens is 330 g/mol. The molecule has 3 rings (SSSR count). The van der Waals surface area contributed by atoms with E-state index in [-0.39, 0.29) is 17.0 Å². The molecule has 0 aliphatic heterocycles. The fourth-order valence-electron chi connectivity index (χ4n) is 2.66. The first-order valence-electron chi connectivity index (χ1n) is 7.54. The first-order chi connectivity index (χ1) is 11.8. The Morgan fingerprint density at radius 1 is 1.16 bits per heavy atom. The van der Waals surface area contributed by atoms with Crippen LogP contribution in [0.2, 0.25) is 0 Å². The van der Waals surface area contributed by atoms with Gasteiger partial charge in [0.25, 0.3) is 5.56 Å². The summed E-state index contributed by atoms with van der Waals surface area (Å²) < 4.78 is 6.81. The van der Waals surface area contributed by atoms with E-state index in [4.69, 9.17) is 4.42 Å². The van der Waals surface area contributed by atoms with Crippen molar-refractivity contribution < 1.29 is 14.3 Å². The summed E-state index contributed by atoms with van der Waals surface area (Å²) in [5, 5.41) is 9.97. The molecule has 0 atom stereocenters. The number of nitrogens with zero attached hydrogens (tertiary/aromatic N) is 3. The van der Waals surface area contributed by atoms with Gasteiger partial charge in [-0.15, -0.1) is 0 Å². The van der Waals surface area contributed by atoms with Crippen LogP contribution >= 0.6 is 0 Å². The van der Waals surface area contributed by atoms with Crippen LogP contribution in [0.25, 0.3) is 0 Å². The van der Waals surface area contributed by atoms with E-state index >= 15 is 0 Å². The predicted octanol–water partition coefficient (Wildman–Crippen LogP) is 0.0124. The molecule has 0 fully saturated rings. The zero-order valence-corrected chi connectivity index (χ0v) is 13.6. The Hall–Kier alpha value is -3.23. The van der Waals surface area contributed by atoms with E-state index in [0.717, 1.165) is 15.3 Å². The highest BCUT2D eigenvalue weighted by Crippen LogP contribution is 2.23. The van der Waals surface area contributed by atoms with Gasteiger partial charge in [-0.3, -0.25) is 18.7 Å². The number of ketones is 1. The summed E-state index contributed by atoms with van der Waals surface area (Å²) >= 11 is 0. The SMILES string of the molecule is Cn1c(O)c(C=Nc2cc3c(oc2=O)CCCC3=O)c(=O)n(C)c1=O. The molecule has 130 valence electrons. The molecule has 0 bridgehead atoms. The molecule has 2 aromatic heterocycles. The van der Waals surface area contributed by atoms with Crippen LogP contribution in [0.5, 0.6) is 5.88 Å². The summed E-state index contributed by atoms with van der Waals surface area (Å²) in [5.74, 6) is -0.376. The smallest absolute Gasteiger partial charge is 0.362 e. The van der Waals surface area contributed by atoms with Gasteiger partial charge in [-0.2, -0.15) is 0 Å². The van der Waals surface area contributed by atoms with E-state index in [1.165, 1.54) is 20.2 Å². The molecule has 25 heavy (non-hydrogen) atoms. The Morgan fingerprint density at radius 2 is 1.88 bits per heavy atom. The Labute approximate surface area is 140 Å². The van der Waals surface area contributed by atoms with Crippen molar-refractivity contribution in [1.29, 1.82) is 0 Å². The fourth-order valence-corrected chi connectivity index (χ4v) is 2.66. The molecule has 0 saturated heterocycles. The molecule has 9 nitrogen and oxygen atoms in total. The number of hydrogen-bond acceptors (Lipinski definition) is 7. The van der Waals surface area contributed by atoms with Crippen LogP contribution in [0.4, 0.5) is 5.69 Å². The normalized spacial score (nSPS) is 14.1. The van der Waals surface area contributed by atoms with Crippen molar-refractivity contribution in [2.45, 2.75) is 19.3 Å². The number of hydrogen-bond donors (Lipinski definition) is 1. The number of rotatable bonds is 2. The summed E-state index contributed by atoms with van der Waals surface area (Å²) in [6, 6.07) is 1.32. The van der Waals surface area contributed by atoms with Crippen molar-refractivity contribution >= 4 is 17.7 Å². The fraction of sp³-hybridized carbons (Fsp3) is 0.312. The van der Waals surface area contributed by atoms with Gasteiger partial charge in [-0.1, -0.05) is 0 Å². The van der Waals surface area contributed by atoms with Crippen LogP contribution in [-0.2, 0) is 20.5 Å². The first-order valence-corrected chi connectivity index (χ1v) is 7.54. The zero-order chi connectivity index (χ0) is 18.3. The second kappa shape index (κ2) is 6.00. The van der Waals surface area contributed by atoms with Crippen molar-refractivity contribution in [3.05, 3.63) is 54.2 Å². The standard InChI is InChI=1S/C16H15N3O6/c1-18-13(21)9(14(22)19(2)16(18)24)7-17-10-6-8-11(20)4-3-5-12(8)25-15(10)23/h6-7,21H,3-5H2,1-2H3. The minimum absolute atomic E-state index is 0.137. The highest BCUT2D eigenvalue weighted by atomic mass is 16.4. The summed E-state index contributed by atoms with van der Waals surface area (Å²) in [5.41, 5.74) is -2.32. The van der Waals surface area contributed by atoms with Crippen molar-refractivity contribution in [2.75, 3.05) is 0 Å². The summed E-state index contributed by atoms with van der Waals surface area (Å²) in [6.07, 6.45) is 2.47. The first kappa shape index (κ1) is 16.6. The number of aryl methyl sites for hydroxylation is 1. The highest BCUT2D eigenvalue weighted by Gasteiger charge is 2.21. The van der Waals surface area contributed by atoms with Gasteiger partial charge in [-0.25, -0.2) is 14.6 Å². The Kier molecular flexibility index (Phi) is 3.99. The molecule has 0 spiro atoms. The van der Waals surface area contributed by atoms with Gasteiger partial charge in [0.15, 0.2) is 5.78 Å². The molecule has 1 aliphatic rings. The van der Waals surface area contributed by atoms with Gasteiger partial charge in [0.05, 0.1) is 5.56 Å². The minimum atomic E-state index is -0.761. The molecule has 2 aromatic rings. The lowest BCUT2D eigenvalue weighted by atomic mass is 9.96. The molecule has 0 aromatic carbocycles. The third-order valence-corrected chi connectivity index (χ3v) is 4.11. The molecule has 2 heterocycles. The monoisotopic (exact) mass is 345 g/mol. The molecule has 0 unspecified atom stereocenters. The predicted molar refractivity (Wildman–Crippen MR) is 88.1 cm³/mol. The Bertz CT molecular complexity index is 1090. The number of carbonyl (C=O) groups is 1. The molecule has 1 aliphatic carbocycles. The average molecular weight is 345 g/mol. The molecule has 9 heteroatoms. The third kappa shape index (κ3) is 2.73. The van der Waals surface area contributed by atoms with Crippen molar-refractivity contribution in [3.8, 4) is 5.88 Å². The Morgan fingerprint density at radius 3 is 2.60 bits per heavy atom. The molecule has 0 radical (unpaired) electrons. The van der Waals surface area contributed by atoms with Crippen molar-refractivity contribution in [3.63, 3.8) is 0 Å². The van der Waals surface area contributed by atoms with E-state index in [0.29, 0.717) is 30.6 Å². The number of carbonyl (C=O) groups excluding carboxylic acids is 1. The van der Waals surface area contributed by atoms with Crippen molar-refractivity contribution in [2.24, 2.45) is 19.1 Å². The van der Waals surface area contributed by atoms with E-state index in [1.807, 2.05) is 0 Å². The van der Waals surface area contributed by atoms with Gasteiger partial charge in [0.1, 0.15) is 17.0 Å². The largest absolute Gasteiger partial charge is 0.494 e. The maximum atomic E-state index is 12.1. The lowest BCUT2D eigenvalue weighted by molar-refractivity contribution is 0.0966. The van der Waals surface area contributed by atoms with Crippen LogP contribution < -0.4 is 16.9 Å². The van der Waals surface area contributed by atoms with Gasteiger partial charge < -0.3 is 9.52 Å². The molecular formula is C16H15N3O6. The van der Waals surface area contributed by atoms with E-state index in [1.54, 1.807) is 0 Å². The lowest BCUT2D eigenvalue weighted by Crippen LogP contribution is -2.38. The highest BCUT2D eigenvalue weighted by molar-refractivity contribution is 5.98. The zero-order valence-electron chi connectivity index (χ0n) is 13.6. The van der Waals surface area contributed by atoms with Crippen LogP contribution in [0.3, 0.4) is 0 Å². The topological polar surface area (TPSA) is 124 Å². The summed E-state index contributed by atoms with van der Waals surface area (Å²) in [4.78, 5) is 51.6. The van der Waals surface area contributed by atoms with Crippen LogP contribution in [-0.4, -0.2) is 26.2 Å². The number of aromatic nitrogens is 2. The number of aliphatic imine (C=N–C) groups is 1. The van der Waals surface area contributed by atoms with Crippen molar-refractivity contribution in [1.82, 2.24) is 9.13 Å². The van der Waals surface area contributed by atoms with Gasteiger partial charge in [0.2, 0.25) is 5.88 Å². The van der Waals surface area contributed by atoms with Gasteiger partial charge in [0, 0.05) is 33.2 Å². The molecule has 1 N–H and O–H groups in total. The van der Waals surface area contributed by atoms with E-state index in [2.05, 4.69) is 4.99 Å². The quantitative estimate of drug-likeness (QED) is 0.765. The Balaban J connectivity index is 2.12. The number of aromatic hydroxyl groups is 1. The number of Topliss-reactive ketones (excluding diaryl/α,β-unsaturated/α-hetero) is 1.